The molecule has 3 nitrogen and oxygen atoms in total. The molecule has 1 heterocycles. The molecule has 1 unspecified atom stereocenters. The Bertz CT molecular complexity index is 697. The first kappa shape index (κ1) is 14.8. The third-order valence-electron chi connectivity index (χ3n) is 5.48. The van der Waals surface area contributed by atoms with Gasteiger partial charge < -0.3 is 9.72 Å². The predicted octanol–water partition coefficient (Wildman–Crippen LogP) is 4.85. The van der Waals surface area contributed by atoms with Crippen molar-refractivity contribution in [3.8, 4) is 0 Å². The molecule has 0 saturated heterocycles. The van der Waals surface area contributed by atoms with Crippen molar-refractivity contribution < 1.29 is 9.53 Å². The maximum absolute atomic E-state index is 12.4. The summed E-state index contributed by atoms with van der Waals surface area (Å²) in [7, 11) is 0. The Labute approximate surface area is 137 Å². The lowest BCUT2D eigenvalue weighted by Gasteiger charge is -2.25. The van der Waals surface area contributed by atoms with Crippen molar-refractivity contribution in [3.63, 3.8) is 0 Å². The highest BCUT2D eigenvalue weighted by atomic mass is 16.5. The first-order valence-corrected chi connectivity index (χ1v) is 9.10. The largest absolute Gasteiger partial charge is 0.462 e. The number of aryl methyl sites for hydroxylation is 1. The number of hydrogen-bond donors (Lipinski definition) is 1. The van der Waals surface area contributed by atoms with Gasteiger partial charge in [-0.25, -0.2) is 0 Å². The van der Waals surface area contributed by atoms with Crippen LogP contribution in [0.2, 0.25) is 0 Å². The van der Waals surface area contributed by atoms with E-state index in [0.717, 1.165) is 32.1 Å². The standard InChI is InChI=1S/C20H25NO2/c22-19(23-15-8-2-1-3-9-15)13-14-7-6-12-18-20(14)16-10-4-5-11-17(16)21-18/h4-5,10-11,14-15,21H,1-3,6-9,12-13H2. The van der Waals surface area contributed by atoms with Crippen LogP contribution in [-0.2, 0) is 16.0 Å². The highest BCUT2D eigenvalue weighted by molar-refractivity contribution is 5.86. The molecule has 1 fully saturated rings. The summed E-state index contributed by atoms with van der Waals surface area (Å²) < 4.78 is 5.75. The van der Waals surface area contributed by atoms with E-state index >= 15 is 0 Å². The minimum atomic E-state index is 0.0000288. The smallest absolute Gasteiger partial charge is 0.306 e. The van der Waals surface area contributed by atoms with Crippen LogP contribution in [0.1, 0.15) is 68.5 Å². The first-order chi connectivity index (χ1) is 11.3. The van der Waals surface area contributed by atoms with E-state index in [2.05, 4.69) is 29.2 Å². The Morgan fingerprint density at radius 2 is 1.91 bits per heavy atom. The van der Waals surface area contributed by atoms with Crippen LogP contribution in [-0.4, -0.2) is 17.1 Å². The Morgan fingerprint density at radius 1 is 1.09 bits per heavy atom. The number of benzene rings is 1. The Morgan fingerprint density at radius 3 is 2.78 bits per heavy atom. The normalized spacial score (nSPS) is 22.0. The van der Waals surface area contributed by atoms with E-state index in [1.54, 1.807) is 0 Å². The third kappa shape index (κ3) is 3.01. The van der Waals surface area contributed by atoms with E-state index < -0.39 is 0 Å². The van der Waals surface area contributed by atoms with Crippen molar-refractivity contribution in [2.75, 3.05) is 0 Å². The van der Waals surface area contributed by atoms with Crippen molar-refractivity contribution in [3.05, 3.63) is 35.5 Å². The molecule has 1 aromatic heterocycles. The molecule has 0 aliphatic heterocycles. The summed E-state index contributed by atoms with van der Waals surface area (Å²) in [4.78, 5) is 16.0. The van der Waals surface area contributed by atoms with Gasteiger partial charge in [0.2, 0.25) is 0 Å². The SMILES string of the molecule is O=C(CC1CCCc2[nH]c3ccccc3c21)OC1CCCCC1. The molecule has 2 aliphatic carbocycles. The average molecular weight is 311 g/mol. The molecule has 0 spiro atoms. The number of carbonyl (C=O) groups excluding carboxylic acids is 1. The summed E-state index contributed by atoms with van der Waals surface area (Å²) in [5.41, 5.74) is 3.89. The molecule has 122 valence electrons. The zero-order chi connectivity index (χ0) is 15.6. The van der Waals surface area contributed by atoms with Crippen LogP contribution < -0.4 is 0 Å². The van der Waals surface area contributed by atoms with Crippen LogP contribution in [0.5, 0.6) is 0 Å². The molecule has 1 atom stereocenters. The quantitative estimate of drug-likeness (QED) is 0.823. The lowest BCUT2D eigenvalue weighted by molar-refractivity contribution is -0.151. The predicted molar refractivity (Wildman–Crippen MR) is 91.6 cm³/mol. The molecule has 1 saturated carbocycles. The lowest BCUT2D eigenvalue weighted by atomic mass is 9.83. The van der Waals surface area contributed by atoms with Gasteiger partial charge in [-0.2, -0.15) is 0 Å². The Balaban J connectivity index is 1.51. The van der Waals surface area contributed by atoms with Crippen molar-refractivity contribution >= 4 is 16.9 Å². The minimum Gasteiger partial charge on any atom is -0.462 e. The van der Waals surface area contributed by atoms with E-state index in [1.165, 1.54) is 41.4 Å². The van der Waals surface area contributed by atoms with Gasteiger partial charge in [-0.15, -0.1) is 0 Å². The highest BCUT2D eigenvalue weighted by Gasteiger charge is 2.28. The molecular formula is C20H25NO2. The summed E-state index contributed by atoms with van der Waals surface area (Å²) in [6.45, 7) is 0. The molecule has 0 radical (unpaired) electrons. The van der Waals surface area contributed by atoms with Gasteiger partial charge in [0.1, 0.15) is 6.10 Å². The molecule has 3 heteroatoms. The van der Waals surface area contributed by atoms with Crippen molar-refractivity contribution in [2.45, 2.75) is 69.8 Å². The summed E-state index contributed by atoms with van der Waals surface area (Å²) in [6, 6.07) is 8.46. The number of carbonyl (C=O) groups is 1. The van der Waals surface area contributed by atoms with Gasteiger partial charge in [0.15, 0.2) is 0 Å². The van der Waals surface area contributed by atoms with Crippen LogP contribution in [0.25, 0.3) is 10.9 Å². The summed E-state index contributed by atoms with van der Waals surface area (Å²) in [5, 5.41) is 1.29. The maximum atomic E-state index is 12.4. The minimum absolute atomic E-state index is 0.0000288. The summed E-state index contributed by atoms with van der Waals surface area (Å²) in [6.07, 6.45) is 9.84. The van der Waals surface area contributed by atoms with E-state index in [9.17, 15) is 4.79 Å². The second kappa shape index (κ2) is 6.38. The van der Waals surface area contributed by atoms with Gasteiger partial charge in [0, 0.05) is 16.6 Å². The molecule has 0 bridgehead atoms. The van der Waals surface area contributed by atoms with Gasteiger partial charge in [0.05, 0.1) is 6.42 Å². The number of H-pyrrole nitrogens is 1. The zero-order valence-corrected chi connectivity index (χ0v) is 13.6. The van der Waals surface area contributed by atoms with Crippen molar-refractivity contribution in [1.82, 2.24) is 4.98 Å². The van der Waals surface area contributed by atoms with Gasteiger partial charge in [-0.05, 0) is 62.5 Å². The molecule has 1 aromatic carbocycles. The zero-order valence-electron chi connectivity index (χ0n) is 13.6. The van der Waals surface area contributed by atoms with Crippen LogP contribution in [0.4, 0.5) is 0 Å². The number of aromatic amines is 1. The average Bonchev–Trinajstić information content (AvgIpc) is 2.95. The number of rotatable bonds is 3. The first-order valence-electron chi connectivity index (χ1n) is 9.10. The maximum Gasteiger partial charge on any atom is 0.306 e. The lowest BCUT2D eigenvalue weighted by Crippen LogP contribution is -2.23. The van der Waals surface area contributed by atoms with Crippen molar-refractivity contribution in [1.29, 1.82) is 0 Å². The van der Waals surface area contributed by atoms with Gasteiger partial charge in [-0.3, -0.25) is 4.79 Å². The van der Waals surface area contributed by atoms with Crippen LogP contribution in [0, 0.1) is 0 Å². The summed E-state index contributed by atoms with van der Waals surface area (Å²) in [5.74, 6) is 0.311. The number of esters is 1. The Kier molecular flexibility index (Phi) is 4.11. The second-order valence-corrected chi connectivity index (χ2v) is 7.11. The molecule has 2 aliphatic rings. The third-order valence-corrected chi connectivity index (χ3v) is 5.48. The van der Waals surface area contributed by atoms with Gasteiger partial charge >= 0.3 is 5.97 Å². The number of fused-ring (bicyclic) bond motifs is 3. The summed E-state index contributed by atoms with van der Waals surface area (Å²) >= 11 is 0. The Hall–Kier alpha value is -1.77. The fourth-order valence-corrected chi connectivity index (χ4v) is 4.37. The van der Waals surface area contributed by atoms with Gasteiger partial charge in [0.25, 0.3) is 0 Å². The van der Waals surface area contributed by atoms with E-state index in [0.29, 0.717) is 12.3 Å². The fourth-order valence-electron chi connectivity index (χ4n) is 4.37. The second-order valence-electron chi connectivity index (χ2n) is 7.11. The molecule has 0 amide bonds. The monoisotopic (exact) mass is 311 g/mol. The number of aromatic nitrogens is 1. The van der Waals surface area contributed by atoms with Gasteiger partial charge in [-0.1, -0.05) is 24.6 Å². The highest BCUT2D eigenvalue weighted by Crippen LogP contribution is 2.39. The number of ether oxygens (including phenoxy) is 1. The molecule has 2 aromatic rings. The van der Waals surface area contributed by atoms with Crippen LogP contribution in [0.15, 0.2) is 24.3 Å². The number of para-hydroxylation sites is 1. The van der Waals surface area contributed by atoms with E-state index in [1.807, 2.05) is 0 Å². The molecule has 4 rings (SSSR count). The van der Waals surface area contributed by atoms with Crippen LogP contribution >= 0.6 is 0 Å². The van der Waals surface area contributed by atoms with E-state index in [-0.39, 0.29) is 12.1 Å². The van der Waals surface area contributed by atoms with E-state index in [4.69, 9.17) is 4.74 Å². The van der Waals surface area contributed by atoms with Crippen LogP contribution in [0.3, 0.4) is 0 Å². The fraction of sp³-hybridized carbons (Fsp3) is 0.550. The molecular weight excluding hydrogens is 286 g/mol. The number of hydrogen-bond acceptors (Lipinski definition) is 2. The number of nitrogens with one attached hydrogen (secondary N) is 1. The molecule has 23 heavy (non-hydrogen) atoms. The van der Waals surface area contributed by atoms with Crippen molar-refractivity contribution in [2.24, 2.45) is 0 Å². The topological polar surface area (TPSA) is 42.1 Å². The molecule has 1 N–H and O–H groups in total.